The van der Waals surface area contributed by atoms with Gasteiger partial charge in [0.05, 0.1) is 6.54 Å². The van der Waals surface area contributed by atoms with Crippen molar-refractivity contribution < 1.29 is 4.21 Å². The van der Waals surface area contributed by atoms with Crippen LogP contribution in [0.4, 0.5) is 0 Å². The van der Waals surface area contributed by atoms with Crippen molar-refractivity contribution in [3.05, 3.63) is 0 Å². The van der Waals surface area contributed by atoms with Gasteiger partial charge in [-0.3, -0.25) is 4.21 Å². The van der Waals surface area contributed by atoms with Crippen molar-refractivity contribution in [1.29, 1.82) is 0 Å². The molecule has 0 aromatic rings. The third-order valence-corrected chi connectivity index (χ3v) is 2.11. The van der Waals surface area contributed by atoms with Gasteiger partial charge >= 0.3 is 0 Å². The lowest BCUT2D eigenvalue weighted by atomic mass is 9.95. The van der Waals surface area contributed by atoms with E-state index in [1.807, 2.05) is 13.8 Å². The standard InChI is InChI=1S/C7H18N2OS/c1-7(2,5-8)6-9-11(3,4)10/h5-6,8H2,1-4H3. The fourth-order valence-electron chi connectivity index (χ4n) is 0.395. The summed E-state index contributed by atoms with van der Waals surface area (Å²) in [6, 6.07) is 0. The quantitative estimate of drug-likeness (QED) is 0.691. The fourth-order valence-corrected chi connectivity index (χ4v) is 1.06. The highest BCUT2D eigenvalue weighted by Crippen LogP contribution is 2.12. The Hall–Kier alpha value is -0.0900. The van der Waals surface area contributed by atoms with Crippen molar-refractivity contribution in [3.8, 4) is 0 Å². The Balaban J connectivity index is 4.20. The topological polar surface area (TPSA) is 55.4 Å². The van der Waals surface area contributed by atoms with Gasteiger partial charge in [-0.05, 0) is 12.0 Å². The molecule has 0 aliphatic heterocycles. The minimum atomic E-state index is -1.95. The Kier molecular flexibility index (Phi) is 3.51. The van der Waals surface area contributed by atoms with Gasteiger partial charge < -0.3 is 5.73 Å². The van der Waals surface area contributed by atoms with Crippen LogP contribution in [-0.4, -0.2) is 29.8 Å². The van der Waals surface area contributed by atoms with Gasteiger partial charge in [0.1, 0.15) is 0 Å². The van der Waals surface area contributed by atoms with Crippen LogP contribution in [0.5, 0.6) is 0 Å². The molecule has 2 N–H and O–H groups in total. The molecule has 0 unspecified atom stereocenters. The van der Waals surface area contributed by atoms with Crippen molar-refractivity contribution in [2.24, 2.45) is 15.5 Å². The molecule has 0 radical (unpaired) electrons. The predicted molar refractivity (Wildman–Crippen MR) is 50.1 cm³/mol. The number of nitrogens with zero attached hydrogens (tertiary/aromatic N) is 1. The van der Waals surface area contributed by atoms with E-state index in [4.69, 9.17) is 5.73 Å². The maximum absolute atomic E-state index is 11.1. The van der Waals surface area contributed by atoms with Crippen LogP contribution < -0.4 is 5.73 Å². The zero-order chi connectivity index (χ0) is 9.12. The van der Waals surface area contributed by atoms with Crippen LogP contribution >= 0.6 is 0 Å². The van der Waals surface area contributed by atoms with Gasteiger partial charge in [-0.1, -0.05) is 13.8 Å². The third-order valence-electron chi connectivity index (χ3n) is 1.36. The van der Waals surface area contributed by atoms with Gasteiger partial charge in [0.25, 0.3) is 0 Å². The molecule has 11 heavy (non-hydrogen) atoms. The first kappa shape index (κ1) is 10.9. The first-order chi connectivity index (χ1) is 4.77. The van der Waals surface area contributed by atoms with Crippen LogP contribution in [0.3, 0.4) is 0 Å². The van der Waals surface area contributed by atoms with E-state index in [-0.39, 0.29) is 5.41 Å². The Morgan fingerprint density at radius 2 is 1.91 bits per heavy atom. The summed E-state index contributed by atoms with van der Waals surface area (Å²) in [5.41, 5.74) is 5.46. The molecule has 0 heterocycles. The molecule has 68 valence electrons. The van der Waals surface area contributed by atoms with E-state index in [2.05, 4.69) is 4.36 Å². The van der Waals surface area contributed by atoms with E-state index in [1.54, 1.807) is 12.5 Å². The average molecular weight is 178 g/mol. The molecule has 3 nitrogen and oxygen atoms in total. The number of hydrogen-bond donors (Lipinski definition) is 1. The van der Waals surface area contributed by atoms with Gasteiger partial charge in [0.15, 0.2) is 0 Å². The molecular weight excluding hydrogens is 160 g/mol. The second-order valence-corrected chi connectivity index (χ2v) is 6.46. The molecule has 4 heteroatoms. The summed E-state index contributed by atoms with van der Waals surface area (Å²) in [4.78, 5) is 0. The smallest absolute Gasteiger partial charge is 0.0547 e. The summed E-state index contributed by atoms with van der Waals surface area (Å²) in [6.45, 7) is 5.19. The normalized spacial score (nSPS) is 13.2. The van der Waals surface area contributed by atoms with Crippen LogP contribution in [0.2, 0.25) is 0 Å². The molecule has 0 saturated carbocycles. The second kappa shape index (κ2) is 3.54. The van der Waals surface area contributed by atoms with Crippen molar-refractivity contribution in [1.82, 2.24) is 0 Å². The summed E-state index contributed by atoms with van der Waals surface area (Å²) in [7, 11) is -1.95. The maximum Gasteiger partial charge on any atom is 0.0547 e. The van der Waals surface area contributed by atoms with Gasteiger partial charge in [-0.2, -0.15) is 0 Å². The van der Waals surface area contributed by atoms with E-state index in [0.29, 0.717) is 13.1 Å². The fraction of sp³-hybridized carbons (Fsp3) is 1.00. The highest BCUT2D eigenvalue weighted by atomic mass is 32.2. The van der Waals surface area contributed by atoms with Crippen LogP contribution in [0.15, 0.2) is 4.36 Å². The molecule has 0 saturated heterocycles. The molecule has 0 aliphatic rings. The Morgan fingerprint density at radius 3 is 2.18 bits per heavy atom. The molecule has 0 rings (SSSR count). The van der Waals surface area contributed by atoms with Gasteiger partial charge in [0.2, 0.25) is 0 Å². The number of nitrogens with two attached hydrogens (primary N) is 1. The van der Waals surface area contributed by atoms with Gasteiger partial charge in [-0.25, -0.2) is 4.36 Å². The van der Waals surface area contributed by atoms with Crippen LogP contribution in [0.25, 0.3) is 0 Å². The first-order valence-electron chi connectivity index (χ1n) is 3.60. The summed E-state index contributed by atoms with van der Waals surface area (Å²) >= 11 is 0. The lowest BCUT2D eigenvalue weighted by Gasteiger charge is -2.19. The molecule has 0 aromatic carbocycles. The lowest BCUT2D eigenvalue weighted by Crippen LogP contribution is -2.27. The summed E-state index contributed by atoms with van der Waals surface area (Å²) in [6.07, 6.45) is 3.28. The summed E-state index contributed by atoms with van der Waals surface area (Å²) < 4.78 is 15.2. The Labute approximate surface area is 69.5 Å². The molecule has 0 spiro atoms. The molecule has 0 bridgehead atoms. The highest BCUT2D eigenvalue weighted by molar-refractivity contribution is 7.92. The molecule has 0 atom stereocenters. The van der Waals surface area contributed by atoms with E-state index < -0.39 is 9.73 Å². The molecule has 0 fully saturated rings. The minimum Gasteiger partial charge on any atom is -0.330 e. The van der Waals surface area contributed by atoms with Crippen LogP contribution in [-0.2, 0) is 9.73 Å². The van der Waals surface area contributed by atoms with Crippen molar-refractivity contribution in [3.63, 3.8) is 0 Å². The first-order valence-corrected chi connectivity index (χ1v) is 5.93. The molecule has 0 aliphatic carbocycles. The Morgan fingerprint density at radius 1 is 1.45 bits per heavy atom. The average Bonchev–Trinajstić information content (AvgIpc) is 1.83. The summed E-state index contributed by atoms with van der Waals surface area (Å²) in [5.74, 6) is 0. The van der Waals surface area contributed by atoms with E-state index in [9.17, 15) is 4.21 Å². The Bertz CT molecular complexity index is 219. The van der Waals surface area contributed by atoms with E-state index in [1.165, 1.54) is 0 Å². The zero-order valence-corrected chi connectivity index (χ0v) is 8.57. The predicted octanol–water partition coefficient (Wildman–Crippen LogP) is 0.699. The van der Waals surface area contributed by atoms with Gasteiger partial charge in [-0.15, -0.1) is 0 Å². The highest BCUT2D eigenvalue weighted by Gasteiger charge is 2.14. The second-order valence-electron chi connectivity index (χ2n) is 3.84. The lowest BCUT2D eigenvalue weighted by molar-refractivity contribution is 0.395. The van der Waals surface area contributed by atoms with Crippen molar-refractivity contribution >= 4 is 9.73 Å². The third kappa shape index (κ3) is 6.31. The van der Waals surface area contributed by atoms with Crippen molar-refractivity contribution in [2.45, 2.75) is 13.8 Å². The number of hydrogen-bond acceptors (Lipinski definition) is 3. The van der Waals surface area contributed by atoms with Crippen LogP contribution in [0.1, 0.15) is 13.8 Å². The number of rotatable bonds is 3. The molecule has 0 aromatic heterocycles. The van der Waals surface area contributed by atoms with Crippen molar-refractivity contribution in [2.75, 3.05) is 25.6 Å². The zero-order valence-electron chi connectivity index (χ0n) is 7.76. The van der Waals surface area contributed by atoms with E-state index >= 15 is 0 Å². The molecule has 0 amide bonds. The summed E-state index contributed by atoms with van der Waals surface area (Å²) in [5, 5.41) is 0. The van der Waals surface area contributed by atoms with Gasteiger partial charge in [0, 0.05) is 22.2 Å². The van der Waals surface area contributed by atoms with Crippen LogP contribution in [0, 0.1) is 5.41 Å². The minimum absolute atomic E-state index is 0.0192. The van der Waals surface area contributed by atoms with E-state index in [0.717, 1.165) is 0 Å². The monoisotopic (exact) mass is 178 g/mol. The molecular formula is C7H18N2OS. The maximum atomic E-state index is 11.1. The SMILES string of the molecule is CC(C)(CN)CN=S(C)(C)=O. The largest absolute Gasteiger partial charge is 0.330 e.